The highest BCUT2D eigenvalue weighted by atomic mass is 16.5. The molecule has 1 aromatic heterocycles. The van der Waals surface area contributed by atoms with Crippen LogP contribution in [0, 0.1) is 0 Å². The van der Waals surface area contributed by atoms with Gasteiger partial charge in [0.15, 0.2) is 0 Å². The van der Waals surface area contributed by atoms with E-state index in [0.717, 1.165) is 5.56 Å². The molecule has 4 nitrogen and oxygen atoms in total. The monoisotopic (exact) mass is 222 g/mol. The average molecular weight is 222 g/mol. The summed E-state index contributed by atoms with van der Waals surface area (Å²) in [6.07, 6.45) is 5.53. The van der Waals surface area contributed by atoms with Gasteiger partial charge in [0.25, 0.3) is 0 Å². The van der Waals surface area contributed by atoms with E-state index in [1.807, 2.05) is 6.92 Å². The molecule has 0 unspecified atom stereocenters. The lowest BCUT2D eigenvalue weighted by molar-refractivity contribution is -0.136. The van der Waals surface area contributed by atoms with E-state index in [9.17, 15) is 5.11 Å². The van der Waals surface area contributed by atoms with Crippen LogP contribution in [0.15, 0.2) is 18.5 Å². The molecule has 0 radical (unpaired) electrons. The Morgan fingerprint density at radius 1 is 1.62 bits per heavy atom. The number of aromatic nitrogens is 1. The Kier molecular flexibility index (Phi) is 3.12. The molecule has 2 rings (SSSR count). The number of nitrogens with zero attached hydrogens (tertiary/aromatic N) is 1. The van der Waals surface area contributed by atoms with Crippen LogP contribution in [0.25, 0.3) is 0 Å². The van der Waals surface area contributed by atoms with Gasteiger partial charge in [-0.15, -0.1) is 0 Å². The summed E-state index contributed by atoms with van der Waals surface area (Å²) in [6, 6.07) is 1.76. The molecule has 3 N–H and O–H groups in total. The predicted molar refractivity (Wildman–Crippen MR) is 62.0 cm³/mol. The Bertz CT molecular complexity index is 362. The second-order valence-corrected chi connectivity index (χ2v) is 4.46. The van der Waals surface area contributed by atoms with E-state index < -0.39 is 5.60 Å². The molecule has 0 aromatic carbocycles. The first kappa shape index (κ1) is 11.4. The summed E-state index contributed by atoms with van der Waals surface area (Å²) >= 11 is 0. The van der Waals surface area contributed by atoms with Gasteiger partial charge in [0.1, 0.15) is 0 Å². The molecule has 0 amide bonds. The third kappa shape index (κ3) is 2.33. The molecule has 1 aliphatic carbocycles. The highest BCUT2D eigenvalue weighted by Gasteiger charge is 2.43. The third-order valence-electron chi connectivity index (χ3n) is 3.08. The van der Waals surface area contributed by atoms with E-state index >= 15 is 0 Å². The lowest BCUT2D eigenvalue weighted by Crippen LogP contribution is -2.50. The van der Waals surface area contributed by atoms with Gasteiger partial charge in [-0.05, 0) is 18.6 Å². The highest BCUT2D eigenvalue weighted by Crippen LogP contribution is 2.37. The van der Waals surface area contributed by atoms with E-state index in [1.54, 1.807) is 18.5 Å². The molecule has 0 aliphatic heterocycles. The molecule has 0 bridgehead atoms. The Balaban J connectivity index is 1.94. The van der Waals surface area contributed by atoms with E-state index in [1.165, 1.54) is 0 Å². The average Bonchev–Trinajstić information content (AvgIpc) is 2.20. The van der Waals surface area contributed by atoms with Gasteiger partial charge in [-0.25, -0.2) is 0 Å². The van der Waals surface area contributed by atoms with Crippen LogP contribution in [0.2, 0.25) is 0 Å². The van der Waals surface area contributed by atoms with Gasteiger partial charge in [-0.2, -0.15) is 0 Å². The van der Waals surface area contributed by atoms with Crippen LogP contribution in [0.4, 0.5) is 5.69 Å². The van der Waals surface area contributed by atoms with Crippen molar-refractivity contribution in [2.24, 2.45) is 0 Å². The van der Waals surface area contributed by atoms with Gasteiger partial charge >= 0.3 is 0 Å². The van der Waals surface area contributed by atoms with E-state index in [-0.39, 0.29) is 6.10 Å². The maximum Gasteiger partial charge on any atom is 0.0738 e. The Morgan fingerprint density at radius 3 is 3.00 bits per heavy atom. The quantitative estimate of drug-likeness (QED) is 0.801. The topological polar surface area (TPSA) is 68.4 Å². The maximum atomic E-state index is 10.2. The van der Waals surface area contributed by atoms with Gasteiger partial charge in [-0.3, -0.25) is 4.98 Å². The summed E-state index contributed by atoms with van der Waals surface area (Å²) in [7, 11) is 0. The Labute approximate surface area is 95.4 Å². The second-order valence-electron chi connectivity index (χ2n) is 4.46. The second kappa shape index (κ2) is 4.39. The lowest BCUT2D eigenvalue weighted by Gasteiger charge is -2.43. The SMILES string of the molecule is CCOC1CC(O)(Cc2cnccc2N)C1. The molecule has 4 heteroatoms. The van der Waals surface area contributed by atoms with Crippen molar-refractivity contribution in [3.05, 3.63) is 24.0 Å². The number of nitrogens with two attached hydrogens (primary N) is 1. The number of anilines is 1. The van der Waals surface area contributed by atoms with Crippen LogP contribution in [0.3, 0.4) is 0 Å². The minimum atomic E-state index is -0.656. The van der Waals surface area contributed by atoms with Crippen molar-refractivity contribution in [3.8, 4) is 0 Å². The first-order chi connectivity index (χ1) is 7.63. The van der Waals surface area contributed by atoms with Crippen molar-refractivity contribution < 1.29 is 9.84 Å². The fraction of sp³-hybridized carbons (Fsp3) is 0.583. The summed E-state index contributed by atoms with van der Waals surface area (Å²) in [5.74, 6) is 0. The van der Waals surface area contributed by atoms with Gasteiger partial charge in [0.2, 0.25) is 0 Å². The Hall–Kier alpha value is -1.13. The molecule has 1 saturated carbocycles. The summed E-state index contributed by atoms with van der Waals surface area (Å²) in [5.41, 5.74) is 6.78. The van der Waals surface area contributed by atoms with Crippen molar-refractivity contribution in [1.29, 1.82) is 0 Å². The third-order valence-corrected chi connectivity index (χ3v) is 3.08. The molecule has 0 spiro atoms. The maximum absolute atomic E-state index is 10.2. The van der Waals surface area contributed by atoms with Gasteiger partial charge in [-0.1, -0.05) is 0 Å². The predicted octanol–water partition coefficient (Wildman–Crippen LogP) is 1.14. The zero-order chi connectivity index (χ0) is 11.6. The van der Waals surface area contributed by atoms with Crippen LogP contribution in [-0.4, -0.2) is 28.4 Å². The standard InChI is InChI=1S/C12H18N2O2/c1-2-16-10-6-12(15,7-10)5-9-8-14-4-3-11(9)13/h3-4,8,10,15H,2,5-7H2,1H3,(H2,13,14). The highest BCUT2D eigenvalue weighted by molar-refractivity contribution is 5.45. The summed E-state index contributed by atoms with van der Waals surface area (Å²) < 4.78 is 5.43. The van der Waals surface area contributed by atoms with Gasteiger partial charge in [0, 0.05) is 44.0 Å². The zero-order valence-corrected chi connectivity index (χ0v) is 9.52. The number of nitrogen functional groups attached to an aromatic ring is 1. The van der Waals surface area contributed by atoms with E-state index in [2.05, 4.69) is 4.98 Å². The first-order valence-corrected chi connectivity index (χ1v) is 5.65. The van der Waals surface area contributed by atoms with Crippen LogP contribution < -0.4 is 5.73 Å². The van der Waals surface area contributed by atoms with Crippen molar-refractivity contribution >= 4 is 5.69 Å². The summed E-state index contributed by atoms with van der Waals surface area (Å²) in [6.45, 7) is 2.67. The van der Waals surface area contributed by atoms with Gasteiger partial charge < -0.3 is 15.6 Å². The van der Waals surface area contributed by atoms with Crippen LogP contribution in [0.1, 0.15) is 25.3 Å². The molecule has 1 heterocycles. The summed E-state index contributed by atoms with van der Waals surface area (Å²) in [5, 5.41) is 10.2. The molecule has 1 aromatic rings. The minimum Gasteiger partial charge on any atom is -0.398 e. The zero-order valence-electron chi connectivity index (χ0n) is 9.52. The molecular formula is C12H18N2O2. The molecule has 1 fully saturated rings. The molecular weight excluding hydrogens is 204 g/mol. The number of hydrogen-bond acceptors (Lipinski definition) is 4. The number of ether oxygens (including phenoxy) is 1. The molecule has 88 valence electrons. The number of aliphatic hydroxyl groups is 1. The summed E-state index contributed by atoms with van der Waals surface area (Å²) in [4.78, 5) is 4.02. The Morgan fingerprint density at radius 2 is 2.38 bits per heavy atom. The van der Waals surface area contributed by atoms with Crippen molar-refractivity contribution in [2.75, 3.05) is 12.3 Å². The lowest BCUT2D eigenvalue weighted by atomic mass is 9.73. The van der Waals surface area contributed by atoms with E-state index in [0.29, 0.717) is 31.6 Å². The van der Waals surface area contributed by atoms with Crippen LogP contribution in [-0.2, 0) is 11.2 Å². The minimum absolute atomic E-state index is 0.202. The smallest absolute Gasteiger partial charge is 0.0738 e. The molecule has 0 atom stereocenters. The normalized spacial score (nSPS) is 28.8. The van der Waals surface area contributed by atoms with E-state index in [4.69, 9.17) is 10.5 Å². The van der Waals surface area contributed by atoms with Crippen LogP contribution >= 0.6 is 0 Å². The van der Waals surface area contributed by atoms with Crippen molar-refractivity contribution in [3.63, 3.8) is 0 Å². The first-order valence-electron chi connectivity index (χ1n) is 5.65. The van der Waals surface area contributed by atoms with Crippen molar-refractivity contribution in [1.82, 2.24) is 4.98 Å². The number of hydrogen-bond donors (Lipinski definition) is 2. The number of rotatable bonds is 4. The van der Waals surface area contributed by atoms with Crippen molar-refractivity contribution in [2.45, 2.75) is 37.9 Å². The molecule has 16 heavy (non-hydrogen) atoms. The fourth-order valence-electron chi connectivity index (χ4n) is 2.23. The van der Waals surface area contributed by atoms with Crippen LogP contribution in [0.5, 0.6) is 0 Å². The number of pyridine rings is 1. The molecule has 1 aliphatic rings. The van der Waals surface area contributed by atoms with Gasteiger partial charge in [0.05, 0.1) is 11.7 Å². The largest absolute Gasteiger partial charge is 0.398 e. The fourth-order valence-corrected chi connectivity index (χ4v) is 2.23. The molecule has 0 saturated heterocycles.